The topological polar surface area (TPSA) is 27.7 Å². The van der Waals surface area contributed by atoms with Crippen molar-refractivity contribution < 1.29 is 7.56 Å². The molecule has 0 aliphatic carbocycles. The average Bonchev–Trinajstić information content (AvgIpc) is 2.66. The molecule has 3 nitrogen and oxygen atoms in total. The van der Waals surface area contributed by atoms with Crippen LogP contribution in [-0.2, 0) is 14.3 Å². The number of unbranched alkanes of at least 4 members (excludes halogenated alkanes) is 2. The van der Waals surface area contributed by atoms with Gasteiger partial charge in [-0.3, -0.25) is 0 Å². The van der Waals surface area contributed by atoms with Crippen LogP contribution in [-0.4, -0.2) is 43.9 Å². The molecule has 144 valence electrons. The summed E-state index contributed by atoms with van der Waals surface area (Å²) in [6, 6.07) is 12.6. The van der Waals surface area contributed by atoms with Crippen molar-refractivity contribution in [1.29, 1.82) is 0 Å². The maximum absolute atomic E-state index is 6.35. The monoisotopic (exact) mass is 582 g/mol. The van der Waals surface area contributed by atoms with E-state index in [-0.39, 0.29) is 0 Å². The number of aryl methyl sites for hydroxylation is 2. The molecule has 0 saturated carbocycles. The molecule has 0 bridgehead atoms. The van der Waals surface area contributed by atoms with Crippen LogP contribution in [0.3, 0.4) is 0 Å². The molecule has 27 heavy (non-hydrogen) atoms. The molecule has 0 spiro atoms. The molecule has 0 atom stereocenters. The Bertz CT molecular complexity index is 659. The quantitative estimate of drug-likeness (QED) is 0.328. The maximum atomic E-state index is 6.35. The van der Waals surface area contributed by atoms with Gasteiger partial charge in [-0.1, -0.05) is 0 Å². The molecule has 0 aliphatic heterocycles. The zero-order chi connectivity index (χ0) is 19.6. The third-order valence-corrected chi connectivity index (χ3v) is 10.6. The number of hydrogen-bond acceptors (Lipinski definition) is 3. The van der Waals surface area contributed by atoms with Crippen molar-refractivity contribution in [3.8, 4) is 11.5 Å². The fraction of sp³-hybridized carbons (Fsp3) is 0.455. The predicted molar refractivity (Wildman–Crippen MR) is 113 cm³/mol. The summed E-state index contributed by atoms with van der Waals surface area (Å²) in [5.74, 6) is 1.89. The van der Waals surface area contributed by atoms with Crippen LogP contribution < -0.4 is 6.15 Å². The van der Waals surface area contributed by atoms with Gasteiger partial charge in [0.05, 0.1) is 0 Å². The standard InChI is InChI=1S/2C11H16O.O.2Sn/c2*1-3-4-7-10-9(2)6-5-8-11(10)12;;;/h2*5-6,8,12H,3-4,7H2,1-2H3;;;/q;;;;+2/p-2. The summed E-state index contributed by atoms with van der Waals surface area (Å²) in [5, 5.41) is 0. The zero-order valence-electron chi connectivity index (χ0n) is 16.9. The van der Waals surface area contributed by atoms with E-state index in [1.165, 1.54) is 47.9 Å². The molecule has 0 unspecified atom stereocenters. The molecule has 0 saturated heterocycles. The van der Waals surface area contributed by atoms with Crippen LogP contribution in [0, 0.1) is 13.8 Å². The third-order valence-electron chi connectivity index (χ3n) is 4.77. The van der Waals surface area contributed by atoms with E-state index in [1.54, 1.807) is 0 Å². The van der Waals surface area contributed by atoms with E-state index in [1.807, 2.05) is 0 Å². The minimum atomic E-state index is -2.94. The number of hydrogen-bond donors (Lipinski definition) is 0. The molecule has 5 heteroatoms. The second-order valence-corrected chi connectivity index (χ2v) is 13.9. The molecule has 0 fully saturated rings. The van der Waals surface area contributed by atoms with E-state index in [2.05, 4.69) is 64.1 Å². The first-order chi connectivity index (χ1) is 13.1. The van der Waals surface area contributed by atoms with E-state index in [4.69, 9.17) is 7.56 Å². The Morgan fingerprint density at radius 2 is 1.22 bits per heavy atom. The molecule has 2 rings (SSSR count). The summed E-state index contributed by atoms with van der Waals surface area (Å²) in [6.07, 6.45) is 6.76. The molecular weight excluding hydrogens is 550 g/mol. The Labute approximate surface area is 186 Å². The van der Waals surface area contributed by atoms with Gasteiger partial charge in [0.1, 0.15) is 0 Å². The molecule has 0 aliphatic rings. The van der Waals surface area contributed by atoms with Crippen molar-refractivity contribution in [2.45, 2.75) is 66.2 Å². The normalized spacial score (nSPS) is 11.0. The first kappa shape index (κ1) is 22.9. The van der Waals surface area contributed by atoms with Crippen molar-refractivity contribution in [3.63, 3.8) is 0 Å². The van der Waals surface area contributed by atoms with Gasteiger partial charge in [0, 0.05) is 0 Å². The van der Waals surface area contributed by atoms with Crippen molar-refractivity contribution in [2.75, 3.05) is 0 Å². The van der Waals surface area contributed by atoms with Gasteiger partial charge >= 0.3 is 188 Å². The van der Waals surface area contributed by atoms with E-state index in [9.17, 15) is 0 Å². The summed E-state index contributed by atoms with van der Waals surface area (Å²) < 4.78 is 18.5. The van der Waals surface area contributed by atoms with E-state index < -0.39 is 21.0 Å². The third kappa shape index (κ3) is 6.86. The Balaban J connectivity index is 2.20. The molecule has 0 heterocycles. The second kappa shape index (κ2) is 12.2. The number of benzene rings is 2. The van der Waals surface area contributed by atoms with Gasteiger partial charge in [0.2, 0.25) is 0 Å². The Hall–Kier alpha value is -0.403. The first-order valence-corrected chi connectivity index (χ1v) is 14.5. The molecule has 2 aromatic rings. The van der Waals surface area contributed by atoms with Crippen LogP contribution in [0.2, 0.25) is 0 Å². The van der Waals surface area contributed by atoms with Crippen LogP contribution in [0.5, 0.6) is 11.5 Å². The fourth-order valence-corrected chi connectivity index (χ4v) is 7.20. The van der Waals surface area contributed by atoms with Crippen LogP contribution in [0.1, 0.15) is 61.8 Å². The minimum absolute atomic E-state index is 0.947. The first-order valence-electron chi connectivity index (χ1n) is 9.83. The van der Waals surface area contributed by atoms with E-state index in [0.29, 0.717) is 0 Å². The Kier molecular flexibility index (Phi) is 10.4. The summed E-state index contributed by atoms with van der Waals surface area (Å²) >= 11 is -1.93. The van der Waals surface area contributed by atoms with Crippen LogP contribution in [0.25, 0.3) is 0 Å². The molecule has 0 aromatic heterocycles. The average molecular weight is 580 g/mol. The predicted octanol–water partition coefficient (Wildman–Crippen LogP) is 5.53. The van der Waals surface area contributed by atoms with Gasteiger partial charge < -0.3 is 0 Å². The Morgan fingerprint density at radius 1 is 0.778 bits per heavy atom. The van der Waals surface area contributed by atoms with Crippen LogP contribution in [0.4, 0.5) is 0 Å². The molecule has 4 radical (unpaired) electrons. The summed E-state index contributed by atoms with van der Waals surface area (Å²) in [4.78, 5) is 0. The van der Waals surface area contributed by atoms with Gasteiger partial charge in [-0.25, -0.2) is 0 Å². The van der Waals surface area contributed by atoms with Crippen molar-refractivity contribution in [2.24, 2.45) is 0 Å². The van der Waals surface area contributed by atoms with Crippen molar-refractivity contribution >= 4 is 43.9 Å². The van der Waals surface area contributed by atoms with Gasteiger partial charge in [0.25, 0.3) is 0 Å². The van der Waals surface area contributed by atoms with Gasteiger partial charge in [-0.15, -0.1) is 0 Å². The summed E-state index contributed by atoms with van der Waals surface area (Å²) in [7, 11) is 0. The van der Waals surface area contributed by atoms with Crippen LogP contribution >= 0.6 is 0 Å². The summed E-state index contributed by atoms with van der Waals surface area (Å²) in [5.41, 5.74) is 5.16. The fourth-order valence-electron chi connectivity index (χ4n) is 3.13. The Morgan fingerprint density at radius 3 is 1.59 bits per heavy atom. The number of rotatable bonds is 11. The molecular formula is C22H30O3Sn2. The van der Waals surface area contributed by atoms with E-state index in [0.717, 1.165) is 47.3 Å². The zero-order valence-corrected chi connectivity index (χ0v) is 22.6. The van der Waals surface area contributed by atoms with Crippen molar-refractivity contribution in [1.82, 2.24) is 0 Å². The van der Waals surface area contributed by atoms with Crippen LogP contribution in [0.15, 0.2) is 36.4 Å². The SMILES string of the molecule is CCCCc1c(C)cccc1[O][Sn]([O][Sn])[O]c1cccc(C)c1CCCC. The molecule has 0 amide bonds. The van der Waals surface area contributed by atoms with Gasteiger partial charge in [-0.2, -0.15) is 0 Å². The molecule has 2 aromatic carbocycles. The van der Waals surface area contributed by atoms with Gasteiger partial charge in [-0.05, 0) is 0 Å². The summed E-state index contributed by atoms with van der Waals surface area (Å²) in [6.45, 7) is 8.75. The van der Waals surface area contributed by atoms with Crippen molar-refractivity contribution in [3.05, 3.63) is 58.7 Å². The second-order valence-electron chi connectivity index (χ2n) is 6.87. The molecule has 0 N–H and O–H groups in total. The van der Waals surface area contributed by atoms with Gasteiger partial charge in [0.15, 0.2) is 0 Å². The van der Waals surface area contributed by atoms with E-state index >= 15 is 0 Å².